The largest absolute Gasteiger partial charge is 0.480 e. The number of amides is 1. The van der Waals surface area contributed by atoms with Crippen LogP contribution < -0.4 is 0 Å². The molecule has 1 unspecified atom stereocenters. The number of hydrogen-bond donors (Lipinski definition) is 1. The molecule has 2 rings (SSSR count). The lowest BCUT2D eigenvalue weighted by atomic mass is 10.2. The van der Waals surface area contributed by atoms with Gasteiger partial charge in [-0.25, -0.2) is 4.79 Å². The summed E-state index contributed by atoms with van der Waals surface area (Å²) in [6.07, 6.45) is 2.08. The van der Waals surface area contributed by atoms with Crippen LogP contribution in [0.4, 0.5) is 0 Å². The predicted molar refractivity (Wildman–Crippen MR) is 81.0 cm³/mol. The minimum atomic E-state index is -1.03. The van der Waals surface area contributed by atoms with Gasteiger partial charge in [-0.1, -0.05) is 37.0 Å². The van der Waals surface area contributed by atoms with Crippen LogP contribution in [-0.4, -0.2) is 32.2 Å². The molecule has 1 aliphatic rings. The summed E-state index contributed by atoms with van der Waals surface area (Å²) in [7, 11) is 0. The lowest BCUT2D eigenvalue weighted by Crippen LogP contribution is -2.43. The van der Waals surface area contributed by atoms with Gasteiger partial charge < -0.3 is 5.11 Å². The van der Waals surface area contributed by atoms with E-state index in [9.17, 15) is 9.59 Å². The van der Waals surface area contributed by atoms with E-state index in [1.165, 1.54) is 16.2 Å². The van der Waals surface area contributed by atoms with Crippen LogP contribution in [0.5, 0.6) is 0 Å². The second-order valence-corrected chi connectivity index (χ2v) is 6.48. The number of thioether (sulfide) groups is 1. The molecule has 19 heavy (non-hydrogen) atoms. The molecule has 1 fully saturated rings. The highest BCUT2D eigenvalue weighted by molar-refractivity contribution is 8.26. The summed E-state index contributed by atoms with van der Waals surface area (Å²) in [5, 5.41) is 11.0. The smallest absolute Gasteiger partial charge is 0.326 e. The van der Waals surface area contributed by atoms with Crippen molar-refractivity contribution < 1.29 is 14.7 Å². The predicted octanol–water partition coefficient (Wildman–Crippen LogP) is 2.81. The molecule has 1 saturated heterocycles. The van der Waals surface area contributed by atoms with Crippen LogP contribution in [0.25, 0.3) is 6.08 Å². The van der Waals surface area contributed by atoms with E-state index in [1.807, 2.05) is 17.5 Å². The van der Waals surface area contributed by atoms with E-state index >= 15 is 0 Å². The number of rotatable bonds is 4. The molecule has 1 aromatic heterocycles. The summed E-state index contributed by atoms with van der Waals surface area (Å²) in [6, 6.07) is 2.90. The molecule has 7 heteroatoms. The highest BCUT2D eigenvalue weighted by Gasteiger charge is 2.39. The topological polar surface area (TPSA) is 57.6 Å². The molecule has 1 atom stereocenters. The number of carbonyl (C=O) groups excluding carboxylic acids is 1. The van der Waals surface area contributed by atoms with Gasteiger partial charge >= 0.3 is 5.97 Å². The van der Waals surface area contributed by atoms with Crippen LogP contribution in [-0.2, 0) is 9.59 Å². The Bertz CT molecular complexity index is 551. The Morgan fingerprint density at radius 3 is 2.89 bits per heavy atom. The van der Waals surface area contributed by atoms with Crippen molar-refractivity contribution in [1.82, 2.24) is 4.90 Å². The molecule has 0 bridgehead atoms. The average Bonchev–Trinajstić information content (AvgIpc) is 2.94. The third-order valence-electron chi connectivity index (χ3n) is 2.62. The summed E-state index contributed by atoms with van der Waals surface area (Å²) in [4.78, 5) is 26.0. The van der Waals surface area contributed by atoms with E-state index in [0.717, 1.165) is 16.6 Å². The highest BCUT2D eigenvalue weighted by Crippen LogP contribution is 2.35. The first-order valence-corrected chi connectivity index (χ1v) is 7.68. The van der Waals surface area contributed by atoms with Crippen molar-refractivity contribution in [2.45, 2.75) is 19.4 Å². The second-order valence-electron chi connectivity index (χ2n) is 3.83. The Labute approximate surface area is 124 Å². The maximum Gasteiger partial charge on any atom is 0.326 e. The zero-order valence-electron chi connectivity index (χ0n) is 10.0. The maximum absolute atomic E-state index is 12.2. The van der Waals surface area contributed by atoms with Crippen molar-refractivity contribution in [3.05, 3.63) is 27.3 Å². The lowest BCUT2D eigenvalue weighted by Gasteiger charge is -2.21. The van der Waals surface area contributed by atoms with Crippen molar-refractivity contribution in [2.24, 2.45) is 0 Å². The zero-order valence-corrected chi connectivity index (χ0v) is 12.5. The number of thiocarbonyl (C=S) groups is 1. The van der Waals surface area contributed by atoms with Crippen LogP contribution in [0.1, 0.15) is 18.2 Å². The Hall–Kier alpha value is -1.18. The van der Waals surface area contributed by atoms with Gasteiger partial charge in [0.1, 0.15) is 10.4 Å². The van der Waals surface area contributed by atoms with Crippen LogP contribution in [0.15, 0.2) is 22.4 Å². The summed E-state index contributed by atoms with van der Waals surface area (Å²) in [6.45, 7) is 1.72. The fourth-order valence-corrected chi connectivity index (χ4v) is 3.80. The van der Waals surface area contributed by atoms with Crippen LogP contribution >= 0.6 is 35.3 Å². The fraction of sp³-hybridized carbons (Fsp3) is 0.250. The first-order chi connectivity index (χ1) is 9.04. The van der Waals surface area contributed by atoms with Crippen molar-refractivity contribution in [3.8, 4) is 0 Å². The Morgan fingerprint density at radius 1 is 1.63 bits per heavy atom. The van der Waals surface area contributed by atoms with E-state index in [4.69, 9.17) is 17.3 Å². The molecular formula is C12H11NO3S3. The number of carbonyl (C=O) groups is 2. The van der Waals surface area contributed by atoms with Crippen LogP contribution in [0, 0.1) is 0 Å². The Morgan fingerprint density at radius 2 is 2.37 bits per heavy atom. The molecule has 0 aromatic carbocycles. The highest BCUT2D eigenvalue weighted by atomic mass is 32.2. The maximum atomic E-state index is 12.2. The van der Waals surface area contributed by atoms with E-state index in [1.54, 1.807) is 13.0 Å². The summed E-state index contributed by atoms with van der Waals surface area (Å²) < 4.78 is 0.307. The van der Waals surface area contributed by atoms with Gasteiger partial charge in [0, 0.05) is 4.88 Å². The molecule has 0 spiro atoms. The molecule has 1 aliphatic heterocycles. The number of hydrogen-bond acceptors (Lipinski definition) is 5. The first-order valence-electron chi connectivity index (χ1n) is 5.58. The monoisotopic (exact) mass is 313 g/mol. The second kappa shape index (κ2) is 5.85. The number of nitrogens with zero attached hydrogens (tertiary/aromatic N) is 1. The molecule has 0 aliphatic carbocycles. The fourth-order valence-electron chi connectivity index (χ4n) is 1.72. The minimum absolute atomic E-state index is 0.307. The molecule has 2 heterocycles. The van der Waals surface area contributed by atoms with Gasteiger partial charge in [0.15, 0.2) is 0 Å². The molecule has 4 nitrogen and oxygen atoms in total. The number of carboxylic acids is 1. The third-order valence-corrected chi connectivity index (χ3v) is 4.77. The van der Waals surface area contributed by atoms with Gasteiger partial charge in [-0.15, -0.1) is 11.3 Å². The molecule has 1 amide bonds. The molecule has 100 valence electrons. The Balaban J connectivity index is 2.28. The van der Waals surface area contributed by atoms with Gasteiger partial charge in [0.25, 0.3) is 5.91 Å². The van der Waals surface area contributed by atoms with E-state index < -0.39 is 12.0 Å². The van der Waals surface area contributed by atoms with Gasteiger partial charge in [-0.2, -0.15) is 0 Å². The van der Waals surface area contributed by atoms with Crippen molar-refractivity contribution in [3.63, 3.8) is 0 Å². The van der Waals surface area contributed by atoms with Crippen LogP contribution in [0.3, 0.4) is 0 Å². The third kappa shape index (κ3) is 2.88. The quantitative estimate of drug-likeness (QED) is 0.684. The van der Waals surface area contributed by atoms with E-state index in [-0.39, 0.29) is 5.91 Å². The lowest BCUT2D eigenvalue weighted by molar-refractivity contribution is -0.145. The summed E-state index contributed by atoms with van der Waals surface area (Å²) in [5.74, 6) is -1.35. The normalized spacial score (nSPS) is 19.2. The molecule has 0 saturated carbocycles. The van der Waals surface area contributed by atoms with Crippen molar-refractivity contribution in [1.29, 1.82) is 0 Å². The minimum Gasteiger partial charge on any atom is -0.480 e. The van der Waals surface area contributed by atoms with Crippen molar-refractivity contribution >= 4 is 57.6 Å². The molecule has 1 N–H and O–H groups in total. The standard InChI is InChI=1S/C12H11NO3S3/c1-2-8(11(15)16)13-10(14)9(19-12(13)17)6-7-4-3-5-18-7/h3-6,8H,2H2,1H3,(H,15,16). The Kier molecular flexibility index (Phi) is 4.38. The molecular weight excluding hydrogens is 302 g/mol. The van der Waals surface area contributed by atoms with Gasteiger partial charge in [0.2, 0.25) is 0 Å². The number of thiophene rings is 1. The zero-order chi connectivity index (χ0) is 14.0. The van der Waals surface area contributed by atoms with E-state index in [0.29, 0.717) is 15.6 Å². The molecule has 0 radical (unpaired) electrons. The number of carboxylic acid groups (broad SMARTS) is 1. The van der Waals surface area contributed by atoms with Crippen molar-refractivity contribution in [2.75, 3.05) is 0 Å². The SMILES string of the molecule is CCC(C(=O)O)N1C(=O)C(=Cc2cccs2)SC1=S. The van der Waals surface area contributed by atoms with Crippen LogP contribution in [0.2, 0.25) is 0 Å². The molecule has 1 aromatic rings. The summed E-state index contributed by atoms with van der Waals surface area (Å²) in [5.41, 5.74) is 0. The van der Waals surface area contributed by atoms with E-state index in [2.05, 4.69) is 0 Å². The van der Waals surface area contributed by atoms with Gasteiger partial charge in [-0.05, 0) is 23.9 Å². The summed E-state index contributed by atoms with van der Waals surface area (Å²) >= 11 is 7.79. The average molecular weight is 313 g/mol. The van der Waals surface area contributed by atoms with Gasteiger partial charge in [-0.3, -0.25) is 9.69 Å². The number of aliphatic carboxylic acids is 1. The first kappa shape index (κ1) is 14.2. The van der Waals surface area contributed by atoms with Gasteiger partial charge in [0.05, 0.1) is 4.91 Å².